The van der Waals surface area contributed by atoms with Crippen molar-refractivity contribution in [1.29, 1.82) is 0 Å². The van der Waals surface area contributed by atoms with Gasteiger partial charge in [0, 0.05) is 31.9 Å². The summed E-state index contributed by atoms with van der Waals surface area (Å²) >= 11 is 0. The van der Waals surface area contributed by atoms with Crippen LogP contribution in [-0.2, 0) is 19.4 Å². The lowest BCUT2D eigenvalue weighted by molar-refractivity contribution is 0.189. The molecule has 1 aromatic rings. The second kappa shape index (κ2) is 4.95. The van der Waals surface area contributed by atoms with E-state index in [1.165, 1.54) is 0 Å². The SMILES string of the molecule is CC(C)CCc1nnc2n1CC(CO)CC2. The van der Waals surface area contributed by atoms with E-state index in [9.17, 15) is 5.11 Å². The molecule has 0 bridgehead atoms. The summed E-state index contributed by atoms with van der Waals surface area (Å²) < 4.78 is 2.22. The van der Waals surface area contributed by atoms with Crippen LogP contribution in [0.1, 0.15) is 38.3 Å². The lowest BCUT2D eigenvalue weighted by atomic mass is 10.00. The molecule has 1 atom stereocenters. The second-order valence-electron chi connectivity index (χ2n) is 5.16. The molecule has 90 valence electrons. The summed E-state index contributed by atoms with van der Waals surface area (Å²) in [4.78, 5) is 0. The Morgan fingerprint density at radius 2 is 2.25 bits per heavy atom. The molecule has 16 heavy (non-hydrogen) atoms. The maximum atomic E-state index is 9.21. The average Bonchev–Trinajstić information content (AvgIpc) is 2.68. The van der Waals surface area contributed by atoms with Gasteiger partial charge in [-0.25, -0.2) is 0 Å². The minimum Gasteiger partial charge on any atom is -0.396 e. The lowest BCUT2D eigenvalue weighted by Crippen LogP contribution is -2.24. The molecule has 0 saturated carbocycles. The van der Waals surface area contributed by atoms with Crippen LogP contribution < -0.4 is 0 Å². The minimum absolute atomic E-state index is 0.279. The Balaban J connectivity index is 2.07. The zero-order chi connectivity index (χ0) is 11.5. The van der Waals surface area contributed by atoms with Gasteiger partial charge in [-0.05, 0) is 18.8 Å². The molecule has 0 saturated heterocycles. The molecule has 1 aromatic heterocycles. The fourth-order valence-electron chi connectivity index (χ4n) is 2.20. The van der Waals surface area contributed by atoms with E-state index in [0.717, 1.165) is 43.9 Å². The Labute approximate surface area is 96.7 Å². The highest BCUT2D eigenvalue weighted by molar-refractivity contribution is 5.00. The fourth-order valence-corrected chi connectivity index (χ4v) is 2.20. The molecule has 2 rings (SSSR count). The molecule has 0 fully saturated rings. The Morgan fingerprint density at radius 1 is 1.44 bits per heavy atom. The summed E-state index contributed by atoms with van der Waals surface area (Å²) in [5.74, 6) is 3.29. The number of aryl methyl sites for hydroxylation is 2. The summed E-state index contributed by atoms with van der Waals surface area (Å²) in [7, 11) is 0. The highest BCUT2D eigenvalue weighted by Gasteiger charge is 2.21. The summed E-state index contributed by atoms with van der Waals surface area (Å²) in [5.41, 5.74) is 0. The summed E-state index contributed by atoms with van der Waals surface area (Å²) in [6.45, 7) is 5.63. The minimum atomic E-state index is 0.279. The van der Waals surface area contributed by atoms with E-state index in [1.54, 1.807) is 0 Å². The molecule has 2 heterocycles. The predicted octanol–water partition coefficient (Wildman–Crippen LogP) is 1.42. The van der Waals surface area contributed by atoms with Crippen molar-refractivity contribution in [3.8, 4) is 0 Å². The number of aliphatic hydroxyl groups is 1. The van der Waals surface area contributed by atoms with Crippen molar-refractivity contribution in [2.75, 3.05) is 6.61 Å². The van der Waals surface area contributed by atoms with Gasteiger partial charge in [-0.2, -0.15) is 0 Å². The first-order valence-corrected chi connectivity index (χ1v) is 6.22. The number of hydrogen-bond donors (Lipinski definition) is 1. The largest absolute Gasteiger partial charge is 0.396 e. The highest BCUT2D eigenvalue weighted by Crippen LogP contribution is 2.20. The third-order valence-electron chi connectivity index (χ3n) is 3.32. The quantitative estimate of drug-likeness (QED) is 0.840. The Bertz CT molecular complexity index is 346. The van der Waals surface area contributed by atoms with Crippen LogP contribution in [0, 0.1) is 11.8 Å². The van der Waals surface area contributed by atoms with Gasteiger partial charge in [-0.3, -0.25) is 0 Å². The summed E-state index contributed by atoms with van der Waals surface area (Å²) in [6.07, 6.45) is 4.16. The van der Waals surface area contributed by atoms with E-state index >= 15 is 0 Å². The van der Waals surface area contributed by atoms with Crippen LogP contribution in [-0.4, -0.2) is 26.5 Å². The first kappa shape index (κ1) is 11.6. The van der Waals surface area contributed by atoms with Crippen LogP contribution in [0.15, 0.2) is 0 Å². The van der Waals surface area contributed by atoms with Crippen LogP contribution in [0.3, 0.4) is 0 Å². The standard InChI is InChI=1S/C12H21N3O/c1-9(2)3-5-11-13-14-12-6-4-10(8-16)7-15(11)12/h9-10,16H,3-8H2,1-2H3. The molecular formula is C12H21N3O. The molecule has 0 radical (unpaired) electrons. The molecule has 4 nitrogen and oxygen atoms in total. The number of aromatic nitrogens is 3. The van der Waals surface area contributed by atoms with Crippen molar-refractivity contribution >= 4 is 0 Å². The van der Waals surface area contributed by atoms with Gasteiger partial charge >= 0.3 is 0 Å². The zero-order valence-electron chi connectivity index (χ0n) is 10.2. The van der Waals surface area contributed by atoms with Crippen LogP contribution in [0.2, 0.25) is 0 Å². The number of aliphatic hydroxyl groups excluding tert-OH is 1. The molecule has 4 heteroatoms. The van der Waals surface area contributed by atoms with Crippen molar-refractivity contribution in [3.63, 3.8) is 0 Å². The second-order valence-corrected chi connectivity index (χ2v) is 5.16. The number of nitrogens with zero attached hydrogens (tertiary/aromatic N) is 3. The van der Waals surface area contributed by atoms with Gasteiger partial charge in [-0.15, -0.1) is 10.2 Å². The number of rotatable bonds is 4. The van der Waals surface area contributed by atoms with Gasteiger partial charge in [0.1, 0.15) is 11.6 Å². The molecule has 0 aromatic carbocycles. The molecule has 0 aliphatic carbocycles. The number of hydrogen-bond acceptors (Lipinski definition) is 3. The van der Waals surface area contributed by atoms with Gasteiger partial charge in [-0.1, -0.05) is 13.8 Å². The normalized spacial score (nSPS) is 20.1. The Kier molecular flexibility index (Phi) is 3.59. The Morgan fingerprint density at radius 3 is 2.94 bits per heavy atom. The van der Waals surface area contributed by atoms with E-state index in [0.29, 0.717) is 11.8 Å². The van der Waals surface area contributed by atoms with E-state index in [-0.39, 0.29) is 6.61 Å². The van der Waals surface area contributed by atoms with Crippen molar-refractivity contribution in [3.05, 3.63) is 11.6 Å². The lowest BCUT2D eigenvalue weighted by Gasteiger charge is -2.22. The van der Waals surface area contributed by atoms with E-state index in [2.05, 4.69) is 28.6 Å². The monoisotopic (exact) mass is 223 g/mol. The molecule has 0 amide bonds. The van der Waals surface area contributed by atoms with E-state index in [4.69, 9.17) is 0 Å². The van der Waals surface area contributed by atoms with Crippen molar-refractivity contribution in [2.45, 2.75) is 46.1 Å². The van der Waals surface area contributed by atoms with Crippen LogP contribution in [0.5, 0.6) is 0 Å². The molecular weight excluding hydrogens is 202 g/mol. The van der Waals surface area contributed by atoms with Gasteiger partial charge < -0.3 is 9.67 Å². The maximum absolute atomic E-state index is 9.21. The smallest absolute Gasteiger partial charge is 0.133 e. The summed E-state index contributed by atoms with van der Waals surface area (Å²) in [5, 5.41) is 17.7. The maximum Gasteiger partial charge on any atom is 0.133 e. The van der Waals surface area contributed by atoms with Crippen molar-refractivity contribution < 1.29 is 5.11 Å². The molecule has 1 aliphatic heterocycles. The van der Waals surface area contributed by atoms with Gasteiger partial charge in [0.25, 0.3) is 0 Å². The van der Waals surface area contributed by atoms with Gasteiger partial charge in [0.2, 0.25) is 0 Å². The fraction of sp³-hybridized carbons (Fsp3) is 0.833. The average molecular weight is 223 g/mol. The van der Waals surface area contributed by atoms with Gasteiger partial charge in [0.05, 0.1) is 0 Å². The predicted molar refractivity (Wildman–Crippen MR) is 62.1 cm³/mol. The molecule has 0 spiro atoms. The van der Waals surface area contributed by atoms with Crippen LogP contribution in [0.4, 0.5) is 0 Å². The first-order chi connectivity index (χ1) is 7.70. The van der Waals surface area contributed by atoms with Crippen LogP contribution >= 0.6 is 0 Å². The topological polar surface area (TPSA) is 50.9 Å². The highest BCUT2D eigenvalue weighted by atomic mass is 16.3. The van der Waals surface area contributed by atoms with Crippen molar-refractivity contribution in [2.24, 2.45) is 11.8 Å². The molecule has 1 unspecified atom stereocenters. The third-order valence-corrected chi connectivity index (χ3v) is 3.32. The Hall–Kier alpha value is -0.900. The van der Waals surface area contributed by atoms with Crippen molar-refractivity contribution in [1.82, 2.24) is 14.8 Å². The third kappa shape index (κ3) is 2.43. The van der Waals surface area contributed by atoms with Crippen LogP contribution in [0.25, 0.3) is 0 Å². The van der Waals surface area contributed by atoms with Gasteiger partial charge in [0.15, 0.2) is 0 Å². The van der Waals surface area contributed by atoms with E-state index in [1.807, 2.05) is 0 Å². The zero-order valence-corrected chi connectivity index (χ0v) is 10.2. The van der Waals surface area contributed by atoms with E-state index < -0.39 is 0 Å². The molecule has 1 aliphatic rings. The number of fused-ring (bicyclic) bond motifs is 1. The summed E-state index contributed by atoms with van der Waals surface area (Å²) in [6, 6.07) is 0. The molecule has 1 N–H and O–H groups in total. The first-order valence-electron chi connectivity index (χ1n) is 6.22.